The first-order valence-corrected chi connectivity index (χ1v) is 5.31. The molecule has 1 heterocycles. The van der Waals surface area contributed by atoms with Crippen LogP contribution >= 0.6 is 0 Å². The maximum absolute atomic E-state index is 13.2. The highest BCUT2D eigenvalue weighted by Gasteiger charge is 2.08. The summed E-state index contributed by atoms with van der Waals surface area (Å²) < 4.78 is 18.3. The van der Waals surface area contributed by atoms with Crippen LogP contribution in [-0.2, 0) is 0 Å². The second kappa shape index (κ2) is 5.27. The van der Waals surface area contributed by atoms with Crippen molar-refractivity contribution in [3.05, 3.63) is 59.3 Å². The zero-order valence-corrected chi connectivity index (χ0v) is 9.68. The number of hydrazone groups is 1. The Hall–Kier alpha value is -2.43. The molecule has 5 heteroatoms. The Labute approximate surface area is 103 Å². The van der Waals surface area contributed by atoms with Crippen molar-refractivity contribution in [1.82, 2.24) is 5.43 Å². The average Bonchev–Trinajstić information content (AvgIpc) is 2.78. The molecule has 0 atom stereocenters. The predicted molar refractivity (Wildman–Crippen MR) is 64.9 cm³/mol. The van der Waals surface area contributed by atoms with Crippen molar-refractivity contribution in [1.29, 1.82) is 0 Å². The molecular weight excluding hydrogens is 235 g/mol. The lowest BCUT2D eigenvalue weighted by Gasteiger charge is -1.96. The summed E-state index contributed by atoms with van der Waals surface area (Å²) in [5.41, 5.74) is 2.56. The summed E-state index contributed by atoms with van der Waals surface area (Å²) >= 11 is 0. The Kier molecular flexibility index (Phi) is 3.52. The van der Waals surface area contributed by atoms with E-state index in [1.807, 2.05) is 0 Å². The minimum absolute atomic E-state index is 0.165. The minimum atomic E-state index is -0.476. The topological polar surface area (TPSA) is 54.6 Å². The van der Waals surface area contributed by atoms with Crippen LogP contribution in [0.15, 0.2) is 45.9 Å². The zero-order chi connectivity index (χ0) is 13.0. The summed E-state index contributed by atoms with van der Waals surface area (Å²) in [6.45, 7) is 1.74. The lowest BCUT2D eigenvalue weighted by molar-refractivity contribution is 0.0926. The molecule has 2 rings (SSSR count). The van der Waals surface area contributed by atoms with E-state index in [1.54, 1.807) is 37.3 Å². The van der Waals surface area contributed by atoms with E-state index in [0.29, 0.717) is 11.3 Å². The van der Waals surface area contributed by atoms with Crippen molar-refractivity contribution < 1.29 is 13.6 Å². The molecule has 0 aliphatic heterocycles. The van der Waals surface area contributed by atoms with Gasteiger partial charge in [0.1, 0.15) is 11.6 Å². The second-order valence-corrected chi connectivity index (χ2v) is 3.63. The number of hydrogen-bond donors (Lipinski definition) is 1. The molecular formula is C13H11FN2O2. The van der Waals surface area contributed by atoms with Crippen molar-refractivity contribution in [2.24, 2.45) is 5.10 Å². The fourth-order valence-electron chi connectivity index (χ4n) is 1.35. The maximum Gasteiger partial charge on any atom is 0.307 e. The molecule has 0 radical (unpaired) electrons. The number of halogens is 1. The molecule has 0 saturated carbocycles. The first-order chi connectivity index (χ1) is 8.66. The van der Waals surface area contributed by atoms with Gasteiger partial charge in [-0.15, -0.1) is 0 Å². The van der Waals surface area contributed by atoms with E-state index >= 15 is 0 Å². The van der Waals surface area contributed by atoms with Gasteiger partial charge in [0.25, 0.3) is 0 Å². The first-order valence-electron chi connectivity index (χ1n) is 5.31. The molecule has 1 N–H and O–H groups in total. The number of rotatable bonds is 3. The van der Waals surface area contributed by atoms with Crippen LogP contribution in [0.1, 0.15) is 21.9 Å². The van der Waals surface area contributed by atoms with Gasteiger partial charge in [0.15, 0.2) is 5.76 Å². The molecule has 4 nitrogen and oxygen atoms in total. The van der Waals surface area contributed by atoms with Gasteiger partial charge in [-0.05, 0) is 25.1 Å². The van der Waals surface area contributed by atoms with Gasteiger partial charge in [-0.3, -0.25) is 4.79 Å². The number of aryl methyl sites for hydroxylation is 1. The van der Waals surface area contributed by atoms with Crippen LogP contribution in [0.5, 0.6) is 0 Å². The zero-order valence-electron chi connectivity index (χ0n) is 9.68. The van der Waals surface area contributed by atoms with E-state index < -0.39 is 11.7 Å². The molecule has 0 aliphatic carbocycles. The highest BCUT2D eigenvalue weighted by Crippen LogP contribution is 2.06. The van der Waals surface area contributed by atoms with E-state index in [-0.39, 0.29) is 5.76 Å². The Morgan fingerprint density at radius 1 is 1.33 bits per heavy atom. The van der Waals surface area contributed by atoms with Gasteiger partial charge in [0.2, 0.25) is 0 Å². The van der Waals surface area contributed by atoms with Gasteiger partial charge < -0.3 is 4.42 Å². The van der Waals surface area contributed by atoms with E-state index in [9.17, 15) is 9.18 Å². The van der Waals surface area contributed by atoms with Crippen LogP contribution in [0.4, 0.5) is 4.39 Å². The quantitative estimate of drug-likeness (QED) is 0.668. The largest absolute Gasteiger partial charge is 0.456 e. The van der Waals surface area contributed by atoms with E-state index in [1.165, 1.54) is 12.3 Å². The molecule has 1 aromatic heterocycles. The molecule has 0 aliphatic rings. The normalized spacial score (nSPS) is 10.8. The molecule has 0 saturated heterocycles. The minimum Gasteiger partial charge on any atom is -0.456 e. The average molecular weight is 246 g/mol. The smallest absolute Gasteiger partial charge is 0.307 e. The number of nitrogens with zero attached hydrogens (tertiary/aromatic N) is 1. The number of carbonyl (C=O) groups is 1. The Morgan fingerprint density at radius 3 is 2.78 bits per heavy atom. The van der Waals surface area contributed by atoms with E-state index in [2.05, 4.69) is 10.5 Å². The van der Waals surface area contributed by atoms with E-state index in [0.717, 1.165) is 0 Å². The lowest BCUT2D eigenvalue weighted by atomic mass is 10.2. The molecule has 0 fully saturated rings. The number of hydrogen-bond acceptors (Lipinski definition) is 3. The monoisotopic (exact) mass is 246 g/mol. The Balaban J connectivity index is 2.00. The Morgan fingerprint density at radius 2 is 2.11 bits per heavy atom. The predicted octanol–water partition coefficient (Wildman–Crippen LogP) is 2.49. The Bertz CT molecular complexity index is 590. The first kappa shape index (κ1) is 12.0. The van der Waals surface area contributed by atoms with Crippen molar-refractivity contribution >= 4 is 12.1 Å². The van der Waals surface area contributed by atoms with Crippen LogP contribution in [-0.4, -0.2) is 12.1 Å². The number of benzene rings is 1. The number of carbonyl (C=O) groups excluding carboxylic acids is 1. The maximum atomic E-state index is 13.2. The fourth-order valence-corrected chi connectivity index (χ4v) is 1.35. The number of furan rings is 1. The van der Waals surface area contributed by atoms with E-state index in [4.69, 9.17) is 4.42 Å². The van der Waals surface area contributed by atoms with Crippen LogP contribution in [0.2, 0.25) is 0 Å². The number of nitrogens with one attached hydrogen (secondary N) is 1. The van der Waals surface area contributed by atoms with Gasteiger partial charge in [-0.1, -0.05) is 18.2 Å². The molecule has 18 heavy (non-hydrogen) atoms. The summed E-state index contributed by atoms with van der Waals surface area (Å²) in [7, 11) is 0. The summed E-state index contributed by atoms with van der Waals surface area (Å²) in [5, 5.41) is 3.66. The molecule has 0 spiro atoms. The van der Waals surface area contributed by atoms with Crippen molar-refractivity contribution in [3.63, 3.8) is 0 Å². The fraction of sp³-hybridized carbons (Fsp3) is 0.0769. The molecule has 0 bridgehead atoms. The summed E-state index contributed by atoms with van der Waals surface area (Å²) in [5.74, 6) is -0.0727. The second-order valence-electron chi connectivity index (χ2n) is 3.63. The third-order valence-corrected chi connectivity index (χ3v) is 2.24. The van der Waals surface area contributed by atoms with Crippen LogP contribution < -0.4 is 5.43 Å². The van der Waals surface area contributed by atoms with Crippen molar-refractivity contribution in [2.45, 2.75) is 6.92 Å². The SMILES string of the molecule is Cc1ccc(C(=O)N/N=C/c2ccccc2F)o1. The standard InChI is InChI=1S/C13H11FN2O2/c1-9-6-7-12(18-9)13(17)16-15-8-10-4-2-3-5-11(10)14/h2-8H,1H3,(H,16,17)/b15-8+. The molecule has 2 aromatic rings. The molecule has 1 aromatic carbocycles. The molecule has 0 unspecified atom stereocenters. The number of amides is 1. The highest BCUT2D eigenvalue weighted by molar-refractivity contribution is 5.92. The molecule has 92 valence electrons. The van der Waals surface area contributed by atoms with Gasteiger partial charge in [0.05, 0.1) is 6.21 Å². The lowest BCUT2D eigenvalue weighted by Crippen LogP contribution is -2.16. The third kappa shape index (κ3) is 2.82. The summed E-state index contributed by atoms with van der Waals surface area (Å²) in [6, 6.07) is 9.36. The van der Waals surface area contributed by atoms with Crippen LogP contribution in [0, 0.1) is 12.7 Å². The van der Waals surface area contributed by atoms with Crippen LogP contribution in [0.3, 0.4) is 0 Å². The summed E-state index contributed by atoms with van der Waals surface area (Å²) in [6.07, 6.45) is 1.24. The van der Waals surface area contributed by atoms with Gasteiger partial charge in [0, 0.05) is 5.56 Å². The van der Waals surface area contributed by atoms with Crippen molar-refractivity contribution in [3.8, 4) is 0 Å². The summed E-state index contributed by atoms with van der Waals surface area (Å²) in [4.78, 5) is 11.5. The van der Waals surface area contributed by atoms with Crippen LogP contribution in [0.25, 0.3) is 0 Å². The van der Waals surface area contributed by atoms with Gasteiger partial charge in [-0.2, -0.15) is 5.10 Å². The third-order valence-electron chi connectivity index (χ3n) is 2.24. The van der Waals surface area contributed by atoms with Gasteiger partial charge in [-0.25, -0.2) is 9.82 Å². The van der Waals surface area contributed by atoms with Gasteiger partial charge >= 0.3 is 5.91 Å². The molecule has 1 amide bonds. The van der Waals surface area contributed by atoms with Crippen molar-refractivity contribution in [2.75, 3.05) is 0 Å². The highest BCUT2D eigenvalue weighted by atomic mass is 19.1.